The van der Waals surface area contributed by atoms with Crippen LogP contribution in [0.2, 0.25) is 15.1 Å². The summed E-state index contributed by atoms with van der Waals surface area (Å²) in [5, 5.41) is 3.80. The van der Waals surface area contributed by atoms with Crippen molar-refractivity contribution >= 4 is 75.7 Å². The minimum Gasteiger partial charge on any atom is -0.457 e. The highest BCUT2D eigenvalue weighted by Gasteiger charge is 2.35. The number of thiocarbonyl (C=S) groups is 1. The molecule has 0 unspecified atom stereocenters. The van der Waals surface area contributed by atoms with Gasteiger partial charge in [-0.1, -0.05) is 40.9 Å². The molecule has 2 amide bonds. The molecular formula is C22H13Cl3N2O3S. The van der Waals surface area contributed by atoms with Gasteiger partial charge >= 0.3 is 0 Å². The molecule has 4 rings (SSSR count). The normalized spacial score (nSPS) is 15.5. The average Bonchev–Trinajstić information content (AvgIpc) is 3.18. The van der Waals surface area contributed by atoms with E-state index in [1.165, 1.54) is 11.0 Å². The Morgan fingerprint density at radius 3 is 2.45 bits per heavy atom. The molecule has 2 aromatic carbocycles. The van der Waals surface area contributed by atoms with E-state index in [9.17, 15) is 9.59 Å². The molecule has 0 aliphatic carbocycles. The Morgan fingerprint density at radius 1 is 0.968 bits per heavy atom. The molecule has 1 aliphatic heterocycles. The average molecular weight is 492 g/mol. The van der Waals surface area contributed by atoms with Gasteiger partial charge in [-0.3, -0.25) is 19.8 Å². The molecule has 0 bridgehead atoms. The van der Waals surface area contributed by atoms with Crippen LogP contribution >= 0.6 is 47.0 Å². The van der Waals surface area contributed by atoms with Gasteiger partial charge in [0.05, 0.1) is 15.7 Å². The Bertz CT molecular complexity index is 1280. The minimum absolute atomic E-state index is 0.0250. The van der Waals surface area contributed by atoms with E-state index in [4.69, 9.17) is 51.4 Å². The predicted molar refractivity (Wildman–Crippen MR) is 127 cm³/mol. The first-order chi connectivity index (χ1) is 14.7. The third-order valence-electron chi connectivity index (χ3n) is 4.63. The molecule has 0 spiro atoms. The number of nitrogens with zero attached hydrogens (tertiary/aromatic N) is 1. The molecule has 31 heavy (non-hydrogen) atoms. The number of amides is 2. The molecule has 1 N–H and O–H groups in total. The number of anilines is 1. The van der Waals surface area contributed by atoms with Crippen molar-refractivity contribution in [2.45, 2.75) is 6.92 Å². The van der Waals surface area contributed by atoms with Gasteiger partial charge in [0.2, 0.25) is 0 Å². The van der Waals surface area contributed by atoms with Crippen LogP contribution in [0.3, 0.4) is 0 Å². The maximum absolute atomic E-state index is 13.1. The fourth-order valence-electron chi connectivity index (χ4n) is 2.99. The monoisotopic (exact) mass is 490 g/mol. The summed E-state index contributed by atoms with van der Waals surface area (Å²) in [7, 11) is 0. The zero-order valence-corrected chi connectivity index (χ0v) is 19.0. The van der Waals surface area contributed by atoms with E-state index in [1.54, 1.807) is 48.5 Å². The quantitative estimate of drug-likeness (QED) is 0.275. The van der Waals surface area contributed by atoms with Crippen LogP contribution in [0, 0.1) is 6.92 Å². The van der Waals surface area contributed by atoms with Crippen molar-refractivity contribution in [3.8, 4) is 11.3 Å². The van der Waals surface area contributed by atoms with Crippen molar-refractivity contribution in [1.82, 2.24) is 5.32 Å². The van der Waals surface area contributed by atoms with Crippen LogP contribution < -0.4 is 10.2 Å². The summed E-state index contributed by atoms with van der Waals surface area (Å²) < 4.78 is 5.78. The van der Waals surface area contributed by atoms with Gasteiger partial charge in [0.25, 0.3) is 11.8 Å². The van der Waals surface area contributed by atoms with Crippen molar-refractivity contribution in [1.29, 1.82) is 0 Å². The Balaban J connectivity index is 1.68. The number of hydrogen-bond donors (Lipinski definition) is 1. The smallest absolute Gasteiger partial charge is 0.270 e. The molecule has 156 valence electrons. The van der Waals surface area contributed by atoms with E-state index < -0.39 is 11.8 Å². The van der Waals surface area contributed by atoms with Crippen LogP contribution in [0.5, 0.6) is 0 Å². The summed E-state index contributed by atoms with van der Waals surface area (Å²) in [5.41, 5.74) is 1.88. The standard InChI is InChI=1S/C22H13Cl3N2O3S/c1-11-2-4-13(9-17(11)24)27-21(29)15(20(28)26-22(27)31)10-14-5-7-19(30-14)12-3-6-16(23)18(25)8-12/h2-10H,1H3,(H,26,28,31)/b15-10-. The molecule has 0 atom stereocenters. The summed E-state index contributed by atoms with van der Waals surface area (Å²) in [6, 6.07) is 13.5. The summed E-state index contributed by atoms with van der Waals surface area (Å²) in [4.78, 5) is 26.8. The van der Waals surface area contributed by atoms with E-state index in [0.717, 1.165) is 5.56 Å². The second kappa shape index (κ2) is 8.48. The van der Waals surface area contributed by atoms with Crippen LogP contribution in [-0.4, -0.2) is 16.9 Å². The van der Waals surface area contributed by atoms with Gasteiger partial charge in [-0.05, 0) is 73.2 Å². The Hall–Kier alpha value is -2.64. The fourth-order valence-corrected chi connectivity index (χ4v) is 3.74. The number of benzene rings is 2. The number of furan rings is 1. The molecule has 1 saturated heterocycles. The van der Waals surface area contributed by atoms with Crippen molar-refractivity contribution in [2.75, 3.05) is 4.90 Å². The Kier molecular flexibility index (Phi) is 5.90. The highest BCUT2D eigenvalue weighted by molar-refractivity contribution is 7.80. The first-order valence-corrected chi connectivity index (χ1v) is 10.5. The number of hydrogen-bond acceptors (Lipinski definition) is 4. The zero-order chi connectivity index (χ0) is 22.3. The van der Waals surface area contributed by atoms with Gasteiger partial charge < -0.3 is 4.42 Å². The Labute approximate surface area is 198 Å². The molecule has 2 heterocycles. The molecule has 1 aromatic heterocycles. The lowest BCUT2D eigenvalue weighted by atomic mass is 10.1. The SMILES string of the molecule is Cc1ccc(N2C(=O)/C(=C\c3ccc(-c4ccc(Cl)c(Cl)c4)o3)C(=O)NC2=S)cc1Cl. The highest BCUT2D eigenvalue weighted by Crippen LogP contribution is 2.31. The molecule has 0 saturated carbocycles. The number of nitrogens with one attached hydrogen (secondary N) is 1. The number of carbonyl (C=O) groups excluding carboxylic acids is 2. The minimum atomic E-state index is -0.614. The van der Waals surface area contributed by atoms with E-state index in [-0.39, 0.29) is 10.7 Å². The van der Waals surface area contributed by atoms with Gasteiger partial charge in [0.15, 0.2) is 5.11 Å². The lowest BCUT2D eigenvalue weighted by molar-refractivity contribution is -0.122. The van der Waals surface area contributed by atoms with Crippen molar-refractivity contribution < 1.29 is 14.0 Å². The van der Waals surface area contributed by atoms with Crippen molar-refractivity contribution in [3.63, 3.8) is 0 Å². The maximum Gasteiger partial charge on any atom is 0.270 e. The molecule has 1 fully saturated rings. The van der Waals surface area contributed by atoms with E-state index >= 15 is 0 Å². The van der Waals surface area contributed by atoms with Crippen LogP contribution in [0.1, 0.15) is 11.3 Å². The molecular weight excluding hydrogens is 479 g/mol. The van der Waals surface area contributed by atoms with Gasteiger partial charge in [-0.15, -0.1) is 0 Å². The number of rotatable bonds is 3. The third-order valence-corrected chi connectivity index (χ3v) is 6.06. The fraction of sp³-hybridized carbons (Fsp3) is 0.0455. The first-order valence-electron chi connectivity index (χ1n) is 8.97. The summed E-state index contributed by atoms with van der Waals surface area (Å²) in [6.07, 6.45) is 1.36. The summed E-state index contributed by atoms with van der Waals surface area (Å²) in [6.45, 7) is 1.85. The van der Waals surface area contributed by atoms with Crippen LogP contribution in [0.25, 0.3) is 17.4 Å². The van der Waals surface area contributed by atoms with Crippen LogP contribution in [0.4, 0.5) is 5.69 Å². The van der Waals surface area contributed by atoms with Crippen LogP contribution in [-0.2, 0) is 9.59 Å². The van der Waals surface area contributed by atoms with Gasteiger partial charge in [-0.2, -0.15) is 0 Å². The third kappa shape index (κ3) is 4.25. The zero-order valence-electron chi connectivity index (χ0n) is 15.9. The maximum atomic E-state index is 13.1. The molecule has 5 nitrogen and oxygen atoms in total. The van der Waals surface area contributed by atoms with Gasteiger partial charge in [0, 0.05) is 10.6 Å². The van der Waals surface area contributed by atoms with Crippen LogP contribution in [0.15, 0.2) is 58.5 Å². The van der Waals surface area contributed by atoms with E-state index in [1.807, 2.05) is 6.92 Å². The summed E-state index contributed by atoms with van der Waals surface area (Å²) in [5.74, 6) is -0.376. The largest absolute Gasteiger partial charge is 0.457 e. The number of carbonyl (C=O) groups is 2. The second-order valence-electron chi connectivity index (χ2n) is 6.72. The molecule has 0 radical (unpaired) electrons. The Morgan fingerprint density at radius 2 is 1.74 bits per heavy atom. The van der Waals surface area contributed by atoms with Crippen molar-refractivity contribution in [3.05, 3.63) is 80.5 Å². The van der Waals surface area contributed by atoms with Gasteiger partial charge in [0.1, 0.15) is 17.1 Å². The summed E-state index contributed by atoms with van der Waals surface area (Å²) >= 11 is 23.4. The molecule has 9 heteroatoms. The molecule has 1 aliphatic rings. The number of aryl methyl sites for hydroxylation is 1. The lowest BCUT2D eigenvalue weighted by Gasteiger charge is -2.29. The lowest BCUT2D eigenvalue weighted by Crippen LogP contribution is -2.54. The topological polar surface area (TPSA) is 62.6 Å². The predicted octanol–water partition coefficient (Wildman–Crippen LogP) is 6.05. The first kappa shape index (κ1) is 21.6. The molecule has 3 aromatic rings. The van der Waals surface area contributed by atoms with E-state index in [0.29, 0.717) is 37.8 Å². The second-order valence-corrected chi connectivity index (χ2v) is 8.33. The highest BCUT2D eigenvalue weighted by atomic mass is 35.5. The van der Waals surface area contributed by atoms with Crippen molar-refractivity contribution in [2.24, 2.45) is 0 Å². The van der Waals surface area contributed by atoms with Gasteiger partial charge in [-0.25, -0.2) is 0 Å². The van der Waals surface area contributed by atoms with E-state index in [2.05, 4.69) is 5.32 Å². The number of halogens is 3.